The predicted molar refractivity (Wildman–Crippen MR) is 137 cm³/mol. The summed E-state index contributed by atoms with van der Waals surface area (Å²) in [5.41, 5.74) is 1.60. The number of imidazole rings is 1. The van der Waals surface area contributed by atoms with Gasteiger partial charge in [0.2, 0.25) is 5.95 Å². The third kappa shape index (κ3) is 5.67. The number of fused-ring (bicyclic) bond motifs is 1. The fourth-order valence-corrected chi connectivity index (χ4v) is 4.02. The van der Waals surface area contributed by atoms with E-state index in [0.717, 1.165) is 30.7 Å². The molecule has 0 saturated carbocycles. The Morgan fingerprint density at radius 1 is 1.19 bits per heavy atom. The van der Waals surface area contributed by atoms with E-state index in [1.54, 1.807) is 12.1 Å². The minimum atomic E-state index is -0.537. The highest BCUT2D eigenvalue weighted by atomic mass is 35.5. The van der Waals surface area contributed by atoms with Gasteiger partial charge in [-0.3, -0.25) is 20.2 Å². The lowest BCUT2D eigenvalue weighted by atomic mass is 10.3. The summed E-state index contributed by atoms with van der Waals surface area (Å²) in [6, 6.07) is 14.8. The van der Waals surface area contributed by atoms with Gasteiger partial charge in [-0.2, -0.15) is 0 Å². The normalized spacial score (nSPS) is 11.2. The lowest BCUT2D eigenvalue weighted by Crippen LogP contribution is -2.27. The second kappa shape index (κ2) is 11.2. The van der Waals surface area contributed by atoms with Gasteiger partial charge in [0.25, 0.3) is 11.6 Å². The van der Waals surface area contributed by atoms with Gasteiger partial charge >= 0.3 is 0 Å². The van der Waals surface area contributed by atoms with Gasteiger partial charge in [0.1, 0.15) is 18.1 Å². The predicted octanol–water partition coefficient (Wildman–Crippen LogP) is 5.36. The second-order valence-corrected chi connectivity index (χ2v) is 8.39. The zero-order valence-corrected chi connectivity index (χ0v) is 20.7. The van der Waals surface area contributed by atoms with E-state index < -0.39 is 10.8 Å². The fraction of sp³-hybridized carbons (Fsp3) is 0.280. The Bertz CT molecular complexity index is 1380. The van der Waals surface area contributed by atoms with Crippen molar-refractivity contribution in [2.75, 3.05) is 25.0 Å². The summed E-state index contributed by atoms with van der Waals surface area (Å²) < 4.78 is 13.3. The Kier molecular flexibility index (Phi) is 7.87. The first-order chi connectivity index (χ1) is 17.4. The van der Waals surface area contributed by atoms with Crippen LogP contribution in [0.1, 0.15) is 30.2 Å². The van der Waals surface area contributed by atoms with Crippen LogP contribution in [0.25, 0.3) is 11.0 Å². The van der Waals surface area contributed by atoms with Crippen LogP contribution in [0, 0.1) is 10.1 Å². The molecule has 10 nitrogen and oxygen atoms in total. The molecule has 0 aliphatic heterocycles. The molecule has 188 valence electrons. The number of nitrogens with zero attached hydrogens (tertiary/aromatic N) is 4. The number of carbonyl (C=O) groups is 1. The molecule has 0 aliphatic carbocycles. The number of rotatable bonds is 11. The standard InChI is InChI=1S/C25H26ClN5O5/c1-3-29(4-2)13-14-30-21-8-6-5-7-20(21)27-25(30)28-24(32)23-12-10-18(36-23)16-35-22-11-9-17(31(33)34)15-19(22)26/h5-12,15H,3-4,13-14,16H2,1-2H3,(H,27,28,32). The molecule has 2 aromatic heterocycles. The Morgan fingerprint density at radius 3 is 2.69 bits per heavy atom. The van der Waals surface area contributed by atoms with Crippen molar-refractivity contribution in [1.29, 1.82) is 0 Å². The molecular weight excluding hydrogens is 486 g/mol. The van der Waals surface area contributed by atoms with Crippen molar-refractivity contribution in [3.8, 4) is 5.75 Å². The molecule has 0 saturated heterocycles. The summed E-state index contributed by atoms with van der Waals surface area (Å²) in [6.07, 6.45) is 0. The molecule has 0 bridgehead atoms. The number of para-hydroxylation sites is 2. The van der Waals surface area contributed by atoms with Crippen LogP contribution in [-0.2, 0) is 13.2 Å². The first kappa shape index (κ1) is 25.2. The molecular formula is C25H26ClN5O5. The van der Waals surface area contributed by atoms with Crippen molar-refractivity contribution in [3.63, 3.8) is 0 Å². The van der Waals surface area contributed by atoms with E-state index >= 15 is 0 Å². The van der Waals surface area contributed by atoms with Crippen molar-refractivity contribution in [1.82, 2.24) is 14.5 Å². The number of benzene rings is 2. The number of carbonyl (C=O) groups excluding carboxylic acids is 1. The van der Waals surface area contributed by atoms with Crippen LogP contribution in [-0.4, -0.2) is 44.9 Å². The van der Waals surface area contributed by atoms with Gasteiger partial charge in [-0.1, -0.05) is 37.6 Å². The third-order valence-electron chi connectivity index (χ3n) is 5.80. The molecule has 0 fully saturated rings. The number of likely N-dealkylation sites (N-methyl/N-ethyl adjacent to an activating group) is 1. The number of non-ortho nitro benzene ring substituents is 1. The number of nitrogens with one attached hydrogen (secondary N) is 1. The molecule has 11 heteroatoms. The smallest absolute Gasteiger partial charge is 0.293 e. The van der Waals surface area contributed by atoms with E-state index in [1.807, 2.05) is 28.8 Å². The van der Waals surface area contributed by atoms with Crippen LogP contribution in [0.5, 0.6) is 5.75 Å². The number of nitro benzene ring substituents is 1. The Balaban J connectivity index is 1.45. The van der Waals surface area contributed by atoms with Crippen molar-refractivity contribution in [2.45, 2.75) is 27.0 Å². The molecule has 4 rings (SSSR count). The molecule has 0 radical (unpaired) electrons. The summed E-state index contributed by atoms with van der Waals surface area (Å²) in [5, 5.41) is 13.8. The van der Waals surface area contributed by atoms with Gasteiger partial charge in [0, 0.05) is 25.2 Å². The van der Waals surface area contributed by atoms with Crippen molar-refractivity contribution in [2.24, 2.45) is 0 Å². The van der Waals surface area contributed by atoms with Gasteiger partial charge in [-0.25, -0.2) is 4.98 Å². The number of hydrogen-bond acceptors (Lipinski definition) is 7. The average molecular weight is 512 g/mol. The molecule has 4 aromatic rings. The van der Waals surface area contributed by atoms with E-state index in [9.17, 15) is 14.9 Å². The monoisotopic (exact) mass is 511 g/mol. The molecule has 0 spiro atoms. The highest BCUT2D eigenvalue weighted by Gasteiger charge is 2.18. The molecule has 0 atom stereocenters. The van der Waals surface area contributed by atoms with E-state index in [4.69, 9.17) is 20.8 Å². The minimum Gasteiger partial charge on any atom is -0.484 e. The number of nitro groups is 1. The molecule has 36 heavy (non-hydrogen) atoms. The fourth-order valence-electron chi connectivity index (χ4n) is 3.79. The Labute approximate surface area is 212 Å². The van der Waals surface area contributed by atoms with Gasteiger partial charge in [0.15, 0.2) is 5.76 Å². The molecule has 2 heterocycles. The maximum atomic E-state index is 12.9. The first-order valence-electron chi connectivity index (χ1n) is 11.5. The second-order valence-electron chi connectivity index (χ2n) is 7.98. The van der Waals surface area contributed by atoms with Gasteiger partial charge in [0.05, 0.1) is 21.0 Å². The number of halogens is 1. The van der Waals surface area contributed by atoms with Crippen LogP contribution in [0.4, 0.5) is 11.6 Å². The summed E-state index contributed by atoms with van der Waals surface area (Å²) in [6.45, 7) is 7.60. The van der Waals surface area contributed by atoms with Crippen molar-refractivity contribution >= 4 is 40.2 Å². The van der Waals surface area contributed by atoms with E-state index in [1.165, 1.54) is 18.2 Å². The Morgan fingerprint density at radius 2 is 1.97 bits per heavy atom. The highest BCUT2D eigenvalue weighted by molar-refractivity contribution is 6.32. The van der Waals surface area contributed by atoms with Crippen LogP contribution in [0.3, 0.4) is 0 Å². The van der Waals surface area contributed by atoms with E-state index in [2.05, 4.69) is 29.0 Å². The van der Waals surface area contributed by atoms with E-state index in [0.29, 0.717) is 18.3 Å². The largest absolute Gasteiger partial charge is 0.484 e. The average Bonchev–Trinajstić information content (AvgIpc) is 3.48. The lowest BCUT2D eigenvalue weighted by molar-refractivity contribution is -0.384. The number of hydrogen-bond donors (Lipinski definition) is 1. The molecule has 1 N–H and O–H groups in total. The van der Waals surface area contributed by atoms with Crippen LogP contribution >= 0.6 is 11.6 Å². The van der Waals surface area contributed by atoms with Gasteiger partial charge in [-0.05, 0) is 43.4 Å². The number of ether oxygens (including phenoxy) is 1. The quantitative estimate of drug-likeness (QED) is 0.213. The number of aromatic nitrogens is 2. The van der Waals surface area contributed by atoms with Crippen molar-refractivity contribution < 1.29 is 18.9 Å². The SMILES string of the molecule is CCN(CC)CCn1c(NC(=O)c2ccc(COc3ccc([N+](=O)[O-])cc3Cl)o2)nc2ccccc21. The Hall–Kier alpha value is -3.89. The number of anilines is 1. The summed E-state index contributed by atoms with van der Waals surface area (Å²) in [4.78, 5) is 30.2. The molecule has 0 aliphatic rings. The van der Waals surface area contributed by atoms with E-state index in [-0.39, 0.29) is 28.8 Å². The topological polar surface area (TPSA) is 116 Å². The molecule has 1 amide bonds. The first-order valence-corrected chi connectivity index (χ1v) is 11.9. The van der Waals surface area contributed by atoms with Crippen LogP contribution < -0.4 is 10.1 Å². The third-order valence-corrected chi connectivity index (χ3v) is 6.09. The zero-order valence-electron chi connectivity index (χ0n) is 19.9. The van der Waals surface area contributed by atoms with Crippen molar-refractivity contribution in [3.05, 3.63) is 81.3 Å². The summed E-state index contributed by atoms with van der Waals surface area (Å²) in [7, 11) is 0. The molecule has 2 aromatic carbocycles. The van der Waals surface area contributed by atoms with Crippen LogP contribution in [0.2, 0.25) is 5.02 Å². The summed E-state index contributed by atoms with van der Waals surface area (Å²) in [5.74, 6) is 0.774. The number of amides is 1. The zero-order chi connectivity index (χ0) is 25.7. The maximum Gasteiger partial charge on any atom is 0.293 e. The lowest BCUT2D eigenvalue weighted by Gasteiger charge is -2.19. The maximum absolute atomic E-state index is 12.9. The van der Waals surface area contributed by atoms with Crippen LogP contribution in [0.15, 0.2) is 59.0 Å². The van der Waals surface area contributed by atoms with Gasteiger partial charge < -0.3 is 18.6 Å². The number of furan rings is 1. The van der Waals surface area contributed by atoms with Gasteiger partial charge in [-0.15, -0.1) is 0 Å². The molecule has 0 unspecified atom stereocenters. The summed E-state index contributed by atoms with van der Waals surface area (Å²) >= 11 is 6.06. The highest BCUT2D eigenvalue weighted by Crippen LogP contribution is 2.29. The minimum absolute atomic E-state index is 0.00675.